The van der Waals surface area contributed by atoms with Gasteiger partial charge in [-0.15, -0.1) is 0 Å². The molecule has 0 atom stereocenters. The second-order valence-corrected chi connectivity index (χ2v) is 5.23. The quantitative estimate of drug-likeness (QED) is 0.359. The molecule has 2 aromatic rings. The molecule has 0 fully saturated rings. The molecule has 0 spiro atoms. The molecule has 0 radical (unpaired) electrons. The van der Waals surface area contributed by atoms with Gasteiger partial charge in [0.1, 0.15) is 0 Å². The fourth-order valence-corrected chi connectivity index (χ4v) is 2.24. The number of benzene rings is 2. The summed E-state index contributed by atoms with van der Waals surface area (Å²) in [4.78, 5) is 34.3. The van der Waals surface area contributed by atoms with E-state index < -0.39 is 16.7 Å². The van der Waals surface area contributed by atoms with Crippen LogP contribution in [0, 0.1) is 10.1 Å². The van der Waals surface area contributed by atoms with E-state index in [9.17, 15) is 19.7 Å². The van der Waals surface area contributed by atoms with Crippen molar-refractivity contribution in [3.8, 4) is 0 Å². The Hall–Kier alpha value is -2.54. The van der Waals surface area contributed by atoms with Gasteiger partial charge < -0.3 is 4.74 Å². The fourth-order valence-electron chi connectivity index (χ4n) is 1.88. The van der Waals surface area contributed by atoms with Crippen LogP contribution in [0.5, 0.6) is 0 Å². The molecule has 22 heavy (non-hydrogen) atoms. The second-order valence-electron chi connectivity index (χ2n) is 4.31. The highest BCUT2D eigenvalue weighted by atomic mass is 79.9. The Balaban J connectivity index is 2.45. The number of hydrogen-bond acceptors (Lipinski definition) is 5. The van der Waals surface area contributed by atoms with Crippen molar-refractivity contribution in [3.05, 3.63) is 73.7 Å². The summed E-state index contributed by atoms with van der Waals surface area (Å²) in [5.74, 6) is -1.05. The number of non-ortho nitro benzene ring substituents is 1. The van der Waals surface area contributed by atoms with Gasteiger partial charge in [0.2, 0.25) is 0 Å². The number of rotatable bonds is 4. The maximum atomic E-state index is 12.5. The van der Waals surface area contributed by atoms with Crippen LogP contribution < -0.4 is 0 Å². The largest absolute Gasteiger partial charge is 0.465 e. The molecule has 0 aliphatic carbocycles. The zero-order chi connectivity index (χ0) is 16.3. The lowest BCUT2D eigenvalue weighted by Gasteiger charge is -2.08. The van der Waals surface area contributed by atoms with Crippen molar-refractivity contribution in [1.82, 2.24) is 0 Å². The lowest BCUT2D eigenvalue weighted by atomic mass is 9.98. The first-order valence-electron chi connectivity index (χ1n) is 6.11. The van der Waals surface area contributed by atoms with E-state index in [1.807, 2.05) is 0 Å². The molecular weight excluding hydrogens is 354 g/mol. The summed E-state index contributed by atoms with van der Waals surface area (Å²) in [6.07, 6.45) is 0. The third-order valence-corrected chi connectivity index (χ3v) is 3.47. The van der Waals surface area contributed by atoms with Gasteiger partial charge in [-0.05, 0) is 30.3 Å². The highest BCUT2D eigenvalue weighted by molar-refractivity contribution is 9.10. The van der Waals surface area contributed by atoms with E-state index in [4.69, 9.17) is 0 Å². The van der Waals surface area contributed by atoms with Gasteiger partial charge in [0.25, 0.3) is 5.69 Å². The van der Waals surface area contributed by atoms with Gasteiger partial charge >= 0.3 is 5.97 Å². The first kappa shape index (κ1) is 15.8. The zero-order valence-corrected chi connectivity index (χ0v) is 13.0. The number of carbonyl (C=O) groups is 2. The molecule has 112 valence electrons. The van der Waals surface area contributed by atoms with Gasteiger partial charge in [-0.2, -0.15) is 0 Å². The summed E-state index contributed by atoms with van der Waals surface area (Å²) in [6.45, 7) is 0. The maximum absolute atomic E-state index is 12.5. The molecule has 0 saturated carbocycles. The van der Waals surface area contributed by atoms with Crippen LogP contribution >= 0.6 is 15.9 Å². The monoisotopic (exact) mass is 363 g/mol. The van der Waals surface area contributed by atoms with Crippen molar-refractivity contribution in [2.24, 2.45) is 0 Å². The Morgan fingerprint density at radius 2 is 1.73 bits per heavy atom. The summed E-state index contributed by atoms with van der Waals surface area (Å²) in [6, 6.07) is 9.80. The Morgan fingerprint density at radius 3 is 2.27 bits per heavy atom. The number of ether oxygens (including phenoxy) is 1. The van der Waals surface area contributed by atoms with E-state index in [0.29, 0.717) is 4.47 Å². The number of carbonyl (C=O) groups excluding carboxylic acids is 2. The van der Waals surface area contributed by atoms with Crippen molar-refractivity contribution in [3.63, 3.8) is 0 Å². The highest BCUT2D eigenvalue weighted by Crippen LogP contribution is 2.22. The molecule has 2 rings (SSSR count). The molecule has 2 aromatic carbocycles. The fraction of sp³-hybridized carbons (Fsp3) is 0.0667. The van der Waals surface area contributed by atoms with Gasteiger partial charge in [0.05, 0.1) is 17.6 Å². The number of esters is 1. The van der Waals surface area contributed by atoms with E-state index in [0.717, 1.165) is 0 Å². The van der Waals surface area contributed by atoms with Crippen molar-refractivity contribution >= 4 is 33.4 Å². The first-order chi connectivity index (χ1) is 10.4. The Labute approximate surface area is 134 Å². The topological polar surface area (TPSA) is 86.5 Å². The molecule has 7 heteroatoms. The summed E-state index contributed by atoms with van der Waals surface area (Å²) in [5, 5.41) is 10.6. The minimum absolute atomic E-state index is 0.111. The van der Waals surface area contributed by atoms with Crippen LogP contribution in [0.2, 0.25) is 0 Å². The van der Waals surface area contributed by atoms with E-state index in [-0.39, 0.29) is 22.4 Å². The van der Waals surface area contributed by atoms with E-state index >= 15 is 0 Å². The molecule has 0 amide bonds. The number of nitrogens with zero attached hydrogens (tertiary/aromatic N) is 1. The minimum Gasteiger partial charge on any atom is -0.465 e. The van der Waals surface area contributed by atoms with Crippen LogP contribution in [-0.4, -0.2) is 23.8 Å². The molecule has 0 bridgehead atoms. The van der Waals surface area contributed by atoms with Crippen LogP contribution in [0.15, 0.2) is 46.9 Å². The van der Waals surface area contributed by atoms with Gasteiger partial charge in [-0.1, -0.05) is 15.9 Å². The van der Waals surface area contributed by atoms with Crippen molar-refractivity contribution in [1.29, 1.82) is 0 Å². The Morgan fingerprint density at radius 1 is 1.09 bits per heavy atom. The predicted molar refractivity (Wildman–Crippen MR) is 82.0 cm³/mol. The molecule has 6 nitrogen and oxygen atoms in total. The number of nitro benzene ring substituents is 1. The highest BCUT2D eigenvalue weighted by Gasteiger charge is 2.20. The summed E-state index contributed by atoms with van der Waals surface area (Å²) in [7, 11) is 1.23. The molecule has 0 aliphatic heterocycles. The molecule has 0 N–H and O–H groups in total. The van der Waals surface area contributed by atoms with E-state index in [2.05, 4.69) is 20.7 Å². The molecule has 0 aromatic heterocycles. The minimum atomic E-state index is -0.633. The van der Waals surface area contributed by atoms with Crippen LogP contribution in [0.3, 0.4) is 0 Å². The third kappa shape index (κ3) is 3.20. The first-order valence-corrected chi connectivity index (χ1v) is 6.90. The normalized spacial score (nSPS) is 10.1. The smallest absolute Gasteiger partial charge is 0.338 e. The predicted octanol–water partition coefficient (Wildman–Crippen LogP) is 3.37. The van der Waals surface area contributed by atoms with Crippen molar-refractivity contribution in [2.45, 2.75) is 0 Å². The number of hydrogen-bond donors (Lipinski definition) is 0. The Bertz CT molecular complexity index is 755. The molecule has 0 heterocycles. The van der Waals surface area contributed by atoms with Crippen LogP contribution in [0.25, 0.3) is 0 Å². The SMILES string of the molecule is COC(=O)c1cc(Br)ccc1C(=O)c1ccc([N+](=O)[O-])cc1. The zero-order valence-electron chi connectivity index (χ0n) is 11.4. The second kappa shape index (κ2) is 6.48. The van der Waals surface area contributed by atoms with Crippen LogP contribution in [0.1, 0.15) is 26.3 Å². The molecule has 0 unspecified atom stereocenters. The third-order valence-electron chi connectivity index (χ3n) is 2.97. The van der Waals surface area contributed by atoms with Gasteiger partial charge in [0.15, 0.2) is 5.78 Å². The van der Waals surface area contributed by atoms with Crippen molar-refractivity contribution < 1.29 is 19.2 Å². The van der Waals surface area contributed by atoms with Gasteiger partial charge in [0, 0.05) is 27.7 Å². The lowest BCUT2D eigenvalue weighted by molar-refractivity contribution is -0.384. The lowest BCUT2D eigenvalue weighted by Crippen LogP contribution is -2.11. The summed E-state index contributed by atoms with van der Waals surface area (Å²) in [5.41, 5.74) is 0.433. The molecule has 0 aliphatic rings. The molecular formula is C15H10BrNO5. The maximum Gasteiger partial charge on any atom is 0.338 e. The summed E-state index contributed by atoms with van der Waals surface area (Å²) < 4.78 is 5.30. The average molecular weight is 364 g/mol. The average Bonchev–Trinajstić information content (AvgIpc) is 2.53. The van der Waals surface area contributed by atoms with Crippen LogP contribution in [0.4, 0.5) is 5.69 Å². The number of halogens is 1. The van der Waals surface area contributed by atoms with Gasteiger partial charge in [-0.25, -0.2) is 4.79 Å². The number of methoxy groups -OCH3 is 1. The Kier molecular flexibility index (Phi) is 4.67. The number of nitro groups is 1. The van der Waals surface area contributed by atoms with Crippen LogP contribution in [-0.2, 0) is 4.74 Å². The van der Waals surface area contributed by atoms with Crippen molar-refractivity contribution in [2.75, 3.05) is 7.11 Å². The van der Waals surface area contributed by atoms with Gasteiger partial charge in [-0.3, -0.25) is 14.9 Å². The molecule has 0 saturated heterocycles. The number of ketones is 1. The van der Waals surface area contributed by atoms with E-state index in [1.54, 1.807) is 6.07 Å². The van der Waals surface area contributed by atoms with E-state index in [1.165, 1.54) is 43.5 Å². The summed E-state index contributed by atoms with van der Waals surface area (Å²) >= 11 is 3.23. The standard InChI is InChI=1S/C15H10BrNO5/c1-22-15(19)13-8-10(16)4-7-12(13)14(18)9-2-5-11(6-3-9)17(20)21/h2-8H,1H3.